The number of carbonyl (C=O) groups is 3. The van der Waals surface area contributed by atoms with Gasteiger partial charge in [0.25, 0.3) is 0 Å². The summed E-state index contributed by atoms with van der Waals surface area (Å²) in [5.74, 6) is -1.68. The van der Waals surface area contributed by atoms with Gasteiger partial charge in [0.05, 0.1) is 26.2 Å². The number of aliphatic hydroxyl groups excluding tert-OH is 1. The number of allylic oxidation sites excluding steroid dienone is 23. The van der Waals surface area contributed by atoms with Gasteiger partial charge in [0.2, 0.25) is 0 Å². The number of phosphoric ester groups is 1. The lowest BCUT2D eigenvalue weighted by atomic mass is 10.1. The largest absolute Gasteiger partial charge is 0.472 e. The first-order chi connectivity index (χ1) is 38.2. The Labute approximate surface area is 473 Å². The van der Waals surface area contributed by atoms with Gasteiger partial charge in [-0.1, -0.05) is 218 Å². The molecule has 0 spiro atoms. The van der Waals surface area contributed by atoms with Crippen LogP contribution in [0.2, 0.25) is 0 Å². The average molecular weight is 1110 g/mol. The minimum atomic E-state index is -4.79. The first-order valence-corrected chi connectivity index (χ1v) is 31.2. The van der Waals surface area contributed by atoms with E-state index in [1.165, 1.54) is 38.5 Å². The van der Waals surface area contributed by atoms with Gasteiger partial charge in [0.15, 0.2) is 6.10 Å². The molecule has 0 saturated carbocycles. The summed E-state index contributed by atoms with van der Waals surface area (Å²) in [6.45, 7) is 4.22. The second kappa shape index (κ2) is 58.5. The van der Waals surface area contributed by atoms with Gasteiger partial charge in [-0.3, -0.25) is 23.4 Å². The fraction of sp³-hybridized carbons (Fsp3) is 0.591. The second-order valence-corrected chi connectivity index (χ2v) is 20.5. The van der Waals surface area contributed by atoms with Crippen LogP contribution < -0.4 is 0 Å². The number of aliphatic hydroxyl groups is 1. The normalized spacial score (nSPS) is 14.4. The van der Waals surface area contributed by atoms with Crippen LogP contribution in [0.3, 0.4) is 0 Å². The molecule has 0 aromatic rings. The predicted octanol–water partition coefficient (Wildman–Crippen LogP) is 17.9. The first-order valence-electron chi connectivity index (χ1n) is 29.7. The zero-order valence-corrected chi connectivity index (χ0v) is 49.5. The average Bonchev–Trinajstić information content (AvgIpc) is 3.43. The number of rotatable bonds is 53. The third-order valence-corrected chi connectivity index (χ3v) is 12.7. The standard InChI is InChI=1S/C66H105O11P/c1-4-7-10-13-16-19-22-25-28-30-31-33-36-39-42-45-48-51-54-57-66(70)77-63(59-73-64(68)55-52-49-46-43-40-37-34-27-24-21-18-15-12-9-6-3)61-75-78(71,72)74-60-62(58-67)76-65(69)56-53-50-47-44-41-38-35-32-29-26-23-20-17-14-11-8-5-2/h7,9-10,12,16-21,25-29,31,33-34,39-40,42-43,49,52,62-63,67H,4-6,8,11,13-15,22-24,30,32,35-38,41,44-48,50-51,53-61H2,1-3H3,(H,71,72)/b10-7-,12-9-,19-16-,20-17-,21-18-,28-25-,29-26-,33-31-,34-27-,42-39-,43-40-,52-49-. The Morgan fingerprint density at radius 3 is 1.10 bits per heavy atom. The van der Waals surface area contributed by atoms with E-state index in [9.17, 15) is 28.9 Å². The molecule has 0 aromatic carbocycles. The molecular weight excluding hydrogens is 1000 g/mol. The quantitative estimate of drug-likeness (QED) is 0.0197. The maximum atomic E-state index is 12.9. The summed E-state index contributed by atoms with van der Waals surface area (Å²) in [4.78, 5) is 48.6. The number of hydrogen-bond acceptors (Lipinski definition) is 10. The highest BCUT2D eigenvalue weighted by atomic mass is 31.2. The fourth-order valence-electron chi connectivity index (χ4n) is 7.31. The molecule has 11 nitrogen and oxygen atoms in total. The molecule has 2 N–H and O–H groups in total. The van der Waals surface area contributed by atoms with Crippen molar-refractivity contribution in [1.82, 2.24) is 0 Å². The van der Waals surface area contributed by atoms with Crippen molar-refractivity contribution >= 4 is 25.7 Å². The molecule has 0 aromatic heterocycles. The first kappa shape index (κ1) is 73.4. The molecule has 0 saturated heterocycles. The highest BCUT2D eigenvalue weighted by molar-refractivity contribution is 7.47. The lowest BCUT2D eigenvalue weighted by Gasteiger charge is -2.21. The van der Waals surface area contributed by atoms with Crippen molar-refractivity contribution in [2.24, 2.45) is 0 Å². The van der Waals surface area contributed by atoms with E-state index in [1.807, 2.05) is 12.2 Å². The van der Waals surface area contributed by atoms with Crippen LogP contribution in [0.15, 0.2) is 146 Å². The van der Waals surface area contributed by atoms with Crippen molar-refractivity contribution in [3.63, 3.8) is 0 Å². The van der Waals surface area contributed by atoms with E-state index >= 15 is 0 Å². The third-order valence-electron chi connectivity index (χ3n) is 11.8. The van der Waals surface area contributed by atoms with Gasteiger partial charge in [0.1, 0.15) is 12.7 Å². The van der Waals surface area contributed by atoms with Gasteiger partial charge in [-0.15, -0.1) is 0 Å². The minimum Gasteiger partial charge on any atom is -0.461 e. The third kappa shape index (κ3) is 56.1. The topological polar surface area (TPSA) is 155 Å². The summed E-state index contributed by atoms with van der Waals surface area (Å²) < 4.78 is 39.4. The summed E-state index contributed by atoms with van der Waals surface area (Å²) in [6, 6.07) is 0. The molecule has 0 bridgehead atoms. The van der Waals surface area contributed by atoms with Crippen LogP contribution in [0, 0.1) is 0 Å². The molecule has 0 fully saturated rings. The molecule has 0 amide bonds. The van der Waals surface area contributed by atoms with E-state index < -0.39 is 64.4 Å². The Balaban J connectivity index is 4.88. The molecule has 78 heavy (non-hydrogen) atoms. The molecule has 3 atom stereocenters. The minimum absolute atomic E-state index is 0.0218. The van der Waals surface area contributed by atoms with Gasteiger partial charge < -0.3 is 24.2 Å². The molecule has 12 heteroatoms. The van der Waals surface area contributed by atoms with Crippen molar-refractivity contribution in [3.05, 3.63) is 146 Å². The van der Waals surface area contributed by atoms with E-state index in [1.54, 1.807) is 6.08 Å². The molecule has 0 aliphatic carbocycles. The molecule has 0 aliphatic heterocycles. The Kier molecular flexibility index (Phi) is 55.0. The van der Waals surface area contributed by atoms with Crippen molar-refractivity contribution in [1.29, 1.82) is 0 Å². The molecular formula is C66H105O11P. The van der Waals surface area contributed by atoms with Crippen LogP contribution in [0.1, 0.15) is 213 Å². The number of hydrogen-bond donors (Lipinski definition) is 2. The number of unbranched alkanes of at least 4 members (excludes halogenated alkanes) is 13. The summed E-state index contributed by atoms with van der Waals surface area (Å²) in [5.41, 5.74) is 0. The molecule has 440 valence electrons. The Morgan fingerprint density at radius 2 is 0.705 bits per heavy atom. The number of ether oxygens (including phenoxy) is 3. The maximum Gasteiger partial charge on any atom is 0.472 e. The van der Waals surface area contributed by atoms with Crippen LogP contribution in [-0.4, -0.2) is 66.5 Å². The summed E-state index contributed by atoms with van der Waals surface area (Å²) in [5, 5.41) is 9.83. The van der Waals surface area contributed by atoms with Crippen LogP contribution in [0.25, 0.3) is 0 Å². The van der Waals surface area contributed by atoms with Gasteiger partial charge in [-0.2, -0.15) is 0 Å². The van der Waals surface area contributed by atoms with E-state index in [-0.39, 0.29) is 19.3 Å². The van der Waals surface area contributed by atoms with E-state index in [0.29, 0.717) is 19.3 Å². The Hall–Kier alpha value is -4.64. The van der Waals surface area contributed by atoms with Crippen LogP contribution in [-0.2, 0) is 42.2 Å². The highest BCUT2D eigenvalue weighted by Gasteiger charge is 2.28. The smallest absolute Gasteiger partial charge is 0.461 e. The fourth-order valence-corrected chi connectivity index (χ4v) is 8.09. The van der Waals surface area contributed by atoms with Crippen molar-refractivity contribution < 1.29 is 52.2 Å². The van der Waals surface area contributed by atoms with Crippen molar-refractivity contribution in [2.45, 2.75) is 226 Å². The molecule has 0 rings (SSSR count). The lowest BCUT2D eigenvalue weighted by molar-refractivity contribution is -0.161. The number of carbonyl (C=O) groups excluding carboxylic acids is 3. The van der Waals surface area contributed by atoms with Crippen LogP contribution >= 0.6 is 7.82 Å². The molecule has 0 radical (unpaired) electrons. The lowest BCUT2D eigenvalue weighted by Crippen LogP contribution is -2.30. The summed E-state index contributed by atoms with van der Waals surface area (Å²) in [6.07, 6.45) is 75.4. The maximum absolute atomic E-state index is 12.9. The summed E-state index contributed by atoms with van der Waals surface area (Å²) in [7, 11) is -4.79. The van der Waals surface area contributed by atoms with E-state index in [0.717, 1.165) is 116 Å². The molecule has 0 heterocycles. The Morgan fingerprint density at radius 1 is 0.385 bits per heavy atom. The van der Waals surface area contributed by atoms with Crippen molar-refractivity contribution in [2.75, 3.05) is 26.4 Å². The Bertz CT molecular complexity index is 1860. The van der Waals surface area contributed by atoms with Crippen LogP contribution in [0.5, 0.6) is 0 Å². The van der Waals surface area contributed by atoms with E-state index in [4.69, 9.17) is 23.3 Å². The highest BCUT2D eigenvalue weighted by Crippen LogP contribution is 2.43. The predicted molar refractivity (Wildman–Crippen MR) is 325 cm³/mol. The zero-order valence-electron chi connectivity index (χ0n) is 48.6. The number of phosphoric acid groups is 1. The molecule has 3 unspecified atom stereocenters. The van der Waals surface area contributed by atoms with Crippen molar-refractivity contribution in [3.8, 4) is 0 Å². The summed E-state index contributed by atoms with van der Waals surface area (Å²) >= 11 is 0. The van der Waals surface area contributed by atoms with Gasteiger partial charge >= 0.3 is 25.7 Å². The monoisotopic (exact) mass is 1100 g/mol. The van der Waals surface area contributed by atoms with E-state index in [2.05, 4.69) is 148 Å². The van der Waals surface area contributed by atoms with Crippen LogP contribution in [0.4, 0.5) is 0 Å². The zero-order chi connectivity index (χ0) is 56.9. The van der Waals surface area contributed by atoms with Gasteiger partial charge in [-0.25, -0.2) is 4.57 Å². The molecule has 0 aliphatic rings. The second-order valence-electron chi connectivity index (χ2n) is 19.1. The van der Waals surface area contributed by atoms with Gasteiger partial charge in [-0.05, 0) is 122 Å². The SMILES string of the molecule is CC/C=C\C/C=C\C/C=C\C/C=C\C/C=C\CCCCCC(=O)OC(COC(=O)C/C=C\C/C=C\C/C=C\C/C=C\C/C=C\CC)COP(=O)(O)OCC(CO)OC(=O)CCCCCCCCC/C=C\C/C=C\CCCCC. The number of esters is 3. The van der Waals surface area contributed by atoms with Gasteiger partial charge in [0, 0.05) is 12.8 Å².